The van der Waals surface area contributed by atoms with Gasteiger partial charge >= 0.3 is 5.97 Å². The van der Waals surface area contributed by atoms with Crippen LogP contribution in [0.5, 0.6) is 0 Å². The van der Waals surface area contributed by atoms with Gasteiger partial charge in [0.15, 0.2) is 0 Å². The number of hydrogen-bond acceptors (Lipinski definition) is 4. The van der Waals surface area contributed by atoms with Crippen molar-refractivity contribution >= 4 is 17.7 Å². The number of rotatable bonds is 3. The van der Waals surface area contributed by atoms with E-state index in [-0.39, 0.29) is 12.4 Å². The molecule has 0 bridgehead atoms. The van der Waals surface area contributed by atoms with Crippen LogP contribution in [0.2, 0.25) is 0 Å². The summed E-state index contributed by atoms with van der Waals surface area (Å²) < 4.78 is 4.87. The van der Waals surface area contributed by atoms with Gasteiger partial charge in [0, 0.05) is 12.2 Å². The highest BCUT2D eigenvalue weighted by Crippen LogP contribution is 2.28. The molecule has 1 aliphatic rings. The van der Waals surface area contributed by atoms with Crippen LogP contribution in [0.1, 0.15) is 12.0 Å². The van der Waals surface area contributed by atoms with Crippen LogP contribution in [0, 0.1) is 0 Å². The van der Waals surface area contributed by atoms with E-state index in [1.54, 1.807) is 0 Å². The zero-order valence-electron chi connectivity index (χ0n) is 8.68. The molecule has 0 saturated heterocycles. The summed E-state index contributed by atoms with van der Waals surface area (Å²) in [5, 5.41) is 9.58. The SMILES string of the molecule is O=C1OCCC(O)=C1SCc1ccccc1. The summed E-state index contributed by atoms with van der Waals surface area (Å²) in [5.41, 5.74) is 1.12. The molecule has 1 N–H and O–H groups in total. The van der Waals surface area contributed by atoms with Crippen molar-refractivity contribution in [1.29, 1.82) is 0 Å². The fraction of sp³-hybridized carbons (Fsp3) is 0.250. The van der Waals surface area contributed by atoms with Crippen LogP contribution in [-0.4, -0.2) is 17.7 Å². The van der Waals surface area contributed by atoms with Gasteiger partial charge in [0.2, 0.25) is 0 Å². The number of carbonyl (C=O) groups excluding carboxylic acids is 1. The largest absolute Gasteiger partial charge is 0.511 e. The lowest BCUT2D eigenvalue weighted by molar-refractivity contribution is -0.139. The standard InChI is InChI=1S/C12H12O3S/c13-10-6-7-15-12(14)11(10)16-8-9-4-2-1-3-5-9/h1-5,13H,6-8H2. The van der Waals surface area contributed by atoms with E-state index in [2.05, 4.69) is 0 Å². The van der Waals surface area contributed by atoms with E-state index in [0.717, 1.165) is 5.56 Å². The molecule has 16 heavy (non-hydrogen) atoms. The van der Waals surface area contributed by atoms with Gasteiger partial charge in [-0.15, -0.1) is 11.8 Å². The summed E-state index contributed by atoms with van der Waals surface area (Å²) in [6.07, 6.45) is 0.420. The van der Waals surface area contributed by atoms with E-state index in [1.165, 1.54) is 11.8 Å². The second-order valence-corrected chi connectivity index (χ2v) is 4.42. The number of ether oxygens (including phenoxy) is 1. The molecule has 0 unspecified atom stereocenters. The Labute approximate surface area is 98.1 Å². The Morgan fingerprint density at radius 2 is 2.06 bits per heavy atom. The van der Waals surface area contributed by atoms with Crippen molar-refractivity contribution in [3.05, 3.63) is 46.6 Å². The highest BCUT2D eigenvalue weighted by atomic mass is 32.2. The minimum absolute atomic E-state index is 0.150. The molecule has 1 aromatic rings. The number of aliphatic hydroxyl groups is 1. The summed E-state index contributed by atoms with van der Waals surface area (Å²) in [6.45, 7) is 0.278. The molecule has 4 heteroatoms. The van der Waals surface area contributed by atoms with E-state index >= 15 is 0 Å². The first-order valence-corrected chi connectivity index (χ1v) is 6.02. The molecule has 3 nitrogen and oxygen atoms in total. The maximum atomic E-state index is 11.4. The predicted molar refractivity (Wildman–Crippen MR) is 63.0 cm³/mol. The van der Waals surface area contributed by atoms with Crippen LogP contribution in [-0.2, 0) is 15.3 Å². The first-order valence-electron chi connectivity index (χ1n) is 5.03. The molecule has 0 saturated carbocycles. The molecule has 0 aliphatic carbocycles. The fourth-order valence-corrected chi connectivity index (χ4v) is 2.36. The minimum atomic E-state index is -0.412. The smallest absolute Gasteiger partial charge is 0.348 e. The molecule has 0 atom stereocenters. The first kappa shape index (κ1) is 11.1. The number of benzene rings is 1. The number of esters is 1. The minimum Gasteiger partial charge on any atom is -0.511 e. The Kier molecular flexibility index (Phi) is 3.51. The summed E-state index contributed by atoms with van der Waals surface area (Å²) in [6, 6.07) is 9.81. The third-order valence-electron chi connectivity index (χ3n) is 2.25. The van der Waals surface area contributed by atoms with E-state index in [1.807, 2.05) is 30.3 Å². The molecule has 84 valence electrons. The molecule has 2 rings (SSSR count). The fourth-order valence-electron chi connectivity index (χ4n) is 1.41. The lowest BCUT2D eigenvalue weighted by atomic mass is 10.2. The molecular formula is C12H12O3S. The Balaban J connectivity index is 2.02. The van der Waals surface area contributed by atoms with Crippen molar-refractivity contribution in [2.45, 2.75) is 12.2 Å². The lowest BCUT2D eigenvalue weighted by Gasteiger charge is -2.15. The molecule has 0 fully saturated rings. The van der Waals surface area contributed by atoms with Gasteiger partial charge in [-0.2, -0.15) is 0 Å². The van der Waals surface area contributed by atoms with Gasteiger partial charge in [0.05, 0.1) is 6.61 Å². The number of carbonyl (C=O) groups is 1. The Morgan fingerprint density at radius 1 is 1.31 bits per heavy atom. The van der Waals surface area contributed by atoms with Crippen LogP contribution in [0.3, 0.4) is 0 Å². The van der Waals surface area contributed by atoms with Crippen LogP contribution in [0.25, 0.3) is 0 Å². The molecule has 0 radical (unpaired) electrons. The lowest BCUT2D eigenvalue weighted by Crippen LogP contribution is -2.15. The second kappa shape index (κ2) is 5.07. The van der Waals surface area contributed by atoms with Crippen LogP contribution in [0.4, 0.5) is 0 Å². The highest BCUT2D eigenvalue weighted by Gasteiger charge is 2.22. The first-order chi connectivity index (χ1) is 7.77. The summed E-state index contributed by atoms with van der Waals surface area (Å²) in [4.78, 5) is 11.7. The van der Waals surface area contributed by atoms with E-state index in [0.29, 0.717) is 17.1 Å². The van der Waals surface area contributed by atoms with Gasteiger partial charge in [-0.1, -0.05) is 30.3 Å². The van der Waals surface area contributed by atoms with Gasteiger partial charge in [-0.05, 0) is 5.56 Å². The van der Waals surface area contributed by atoms with Crippen molar-refractivity contribution in [3.63, 3.8) is 0 Å². The maximum Gasteiger partial charge on any atom is 0.348 e. The molecule has 1 heterocycles. The van der Waals surface area contributed by atoms with Crippen molar-refractivity contribution < 1.29 is 14.6 Å². The molecule has 0 spiro atoms. The zero-order valence-corrected chi connectivity index (χ0v) is 9.50. The summed E-state index contributed by atoms with van der Waals surface area (Å²) in [7, 11) is 0. The molecular weight excluding hydrogens is 224 g/mol. The van der Waals surface area contributed by atoms with E-state index in [4.69, 9.17) is 4.74 Å². The topological polar surface area (TPSA) is 46.5 Å². The second-order valence-electron chi connectivity index (χ2n) is 3.44. The van der Waals surface area contributed by atoms with Crippen LogP contribution >= 0.6 is 11.8 Å². The van der Waals surface area contributed by atoms with Gasteiger partial charge in [-0.3, -0.25) is 0 Å². The van der Waals surface area contributed by atoms with Crippen molar-refractivity contribution in [2.24, 2.45) is 0 Å². The molecule has 0 aromatic heterocycles. The van der Waals surface area contributed by atoms with Crippen LogP contribution < -0.4 is 0 Å². The van der Waals surface area contributed by atoms with Gasteiger partial charge in [-0.25, -0.2) is 4.79 Å². The highest BCUT2D eigenvalue weighted by molar-refractivity contribution is 8.03. The van der Waals surface area contributed by atoms with Crippen molar-refractivity contribution in [3.8, 4) is 0 Å². The average Bonchev–Trinajstić information content (AvgIpc) is 2.30. The number of hydrogen-bond donors (Lipinski definition) is 1. The Bertz CT molecular complexity index is 412. The number of aliphatic hydroxyl groups excluding tert-OH is 1. The third kappa shape index (κ3) is 2.58. The van der Waals surface area contributed by atoms with Gasteiger partial charge < -0.3 is 9.84 Å². The van der Waals surface area contributed by atoms with Crippen molar-refractivity contribution in [1.82, 2.24) is 0 Å². The maximum absolute atomic E-state index is 11.4. The Hall–Kier alpha value is -1.42. The number of thioether (sulfide) groups is 1. The van der Waals surface area contributed by atoms with Gasteiger partial charge in [0.25, 0.3) is 0 Å². The van der Waals surface area contributed by atoms with Crippen molar-refractivity contribution in [2.75, 3.05) is 6.61 Å². The third-order valence-corrected chi connectivity index (χ3v) is 3.41. The van der Waals surface area contributed by atoms with Gasteiger partial charge in [0.1, 0.15) is 10.7 Å². The Morgan fingerprint density at radius 3 is 2.75 bits per heavy atom. The molecule has 1 aliphatic heterocycles. The van der Waals surface area contributed by atoms with E-state index in [9.17, 15) is 9.90 Å². The summed E-state index contributed by atoms with van der Waals surface area (Å²) in [5.74, 6) is 0.400. The number of cyclic esters (lactones) is 1. The quantitative estimate of drug-likeness (QED) is 0.819. The zero-order chi connectivity index (χ0) is 11.4. The average molecular weight is 236 g/mol. The predicted octanol–water partition coefficient (Wildman–Crippen LogP) is 2.64. The molecule has 0 amide bonds. The monoisotopic (exact) mass is 236 g/mol. The normalized spacial score (nSPS) is 16.1. The molecule has 1 aromatic carbocycles. The van der Waals surface area contributed by atoms with Crippen LogP contribution in [0.15, 0.2) is 41.0 Å². The summed E-state index contributed by atoms with van der Waals surface area (Å²) >= 11 is 1.32. The van der Waals surface area contributed by atoms with E-state index < -0.39 is 5.97 Å².